The van der Waals surface area contributed by atoms with Crippen LogP contribution in [-0.4, -0.2) is 29.6 Å². The van der Waals surface area contributed by atoms with Crippen molar-refractivity contribution in [2.45, 2.75) is 58.0 Å². The maximum Gasteiger partial charge on any atom is 0.424 e. The van der Waals surface area contributed by atoms with E-state index in [4.69, 9.17) is 0 Å². The van der Waals surface area contributed by atoms with Crippen LogP contribution in [0.3, 0.4) is 0 Å². The third kappa shape index (κ3) is 4.88. The van der Waals surface area contributed by atoms with Crippen LogP contribution in [0.2, 0.25) is 0 Å². The zero-order valence-corrected chi connectivity index (χ0v) is 12.2. The first kappa shape index (κ1) is 17.4. The Balaban J connectivity index is 5.42. The SMILES string of the molecule is CCCCC(CCCC)([N+]([O-])=NOC)[N+]([O-])=NOC. The van der Waals surface area contributed by atoms with Gasteiger partial charge >= 0.3 is 5.66 Å². The zero-order chi connectivity index (χ0) is 14.7. The van der Waals surface area contributed by atoms with E-state index in [1.54, 1.807) is 0 Å². The quantitative estimate of drug-likeness (QED) is 0.265. The van der Waals surface area contributed by atoms with E-state index >= 15 is 0 Å². The highest BCUT2D eigenvalue weighted by molar-refractivity contribution is 4.66. The van der Waals surface area contributed by atoms with Crippen LogP contribution >= 0.6 is 0 Å². The minimum atomic E-state index is -1.40. The molecule has 0 unspecified atom stereocenters. The molecule has 0 saturated carbocycles. The van der Waals surface area contributed by atoms with Crippen LogP contribution in [0, 0.1) is 10.4 Å². The van der Waals surface area contributed by atoms with Crippen molar-refractivity contribution in [3.63, 3.8) is 0 Å². The molecule has 0 aliphatic rings. The Kier molecular flexibility index (Phi) is 8.56. The van der Waals surface area contributed by atoms with Gasteiger partial charge in [0.25, 0.3) is 0 Å². The van der Waals surface area contributed by atoms with Gasteiger partial charge in [0.05, 0.1) is 12.8 Å². The predicted octanol–water partition coefficient (Wildman–Crippen LogP) is 3.11. The molecule has 8 nitrogen and oxygen atoms in total. The predicted molar refractivity (Wildman–Crippen MR) is 67.9 cm³/mol. The van der Waals surface area contributed by atoms with Crippen LogP contribution in [0.5, 0.6) is 0 Å². The van der Waals surface area contributed by atoms with Gasteiger partial charge in [-0.3, -0.25) is 0 Å². The summed E-state index contributed by atoms with van der Waals surface area (Å²) in [4.78, 5) is 9.58. The fourth-order valence-electron chi connectivity index (χ4n) is 1.80. The summed E-state index contributed by atoms with van der Waals surface area (Å²) in [5.41, 5.74) is -1.40. The Morgan fingerprint density at radius 2 is 1.26 bits per heavy atom. The summed E-state index contributed by atoms with van der Waals surface area (Å²) < 4.78 is 0. The van der Waals surface area contributed by atoms with Crippen molar-refractivity contribution in [2.24, 2.45) is 10.6 Å². The number of hydrogen-bond acceptors (Lipinski definition) is 6. The van der Waals surface area contributed by atoms with Gasteiger partial charge in [-0.25, -0.2) is 0 Å². The molecule has 19 heavy (non-hydrogen) atoms. The van der Waals surface area contributed by atoms with Gasteiger partial charge in [-0.1, -0.05) is 26.7 Å². The Morgan fingerprint density at radius 1 is 0.895 bits per heavy atom. The lowest BCUT2D eigenvalue weighted by molar-refractivity contribution is -0.848. The summed E-state index contributed by atoms with van der Waals surface area (Å²) in [6.45, 7) is 3.96. The largest absolute Gasteiger partial charge is 0.592 e. The second kappa shape index (κ2) is 9.35. The average Bonchev–Trinajstić information content (AvgIpc) is 2.40. The average molecular weight is 276 g/mol. The lowest BCUT2D eigenvalue weighted by atomic mass is 9.97. The Bertz CT molecular complexity index is 277. The van der Waals surface area contributed by atoms with Crippen LogP contribution in [0.15, 0.2) is 10.6 Å². The first-order valence-corrected chi connectivity index (χ1v) is 6.52. The molecule has 8 heteroatoms. The van der Waals surface area contributed by atoms with E-state index in [1.807, 2.05) is 13.8 Å². The summed E-state index contributed by atoms with van der Waals surface area (Å²) in [7, 11) is 2.52. The number of hydrogen-bond donors (Lipinski definition) is 0. The summed E-state index contributed by atoms with van der Waals surface area (Å²) >= 11 is 0. The van der Waals surface area contributed by atoms with Crippen LogP contribution in [0.4, 0.5) is 0 Å². The van der Waals surface area contributed by atoms with Crippen LogP contribution in [0.25, 0.3) is 0 Å². The maximum absolute atomic E-state index is 12.1. The Morgan fingerprint density at radius 3 is 1.53 bits per heavy atom. The van der Waals surface area contributed by atoms with Crippen LogP contribution in [0.1, 0.15) is 52.4 Å². The molecule has 0 atom stereocenters. The smallest absolute Gasteiger partial charge is 0.424 e. The van der Waals surface area contributed by atoms with Crippen molar-refractivity contribution >= 4 is 0 Å². The van der Waals surface area contributed by atoms with Gasteiger partial charge in [0.2, 0.25) is 10.6 Å². The molecule has 0 aliphatic carbocycles. The van der Waals surface area contributed by atoms with E-state index in [2.05, 4.69) is 20.2 Å². The molecule has 0 N–H and O–H groups in total. The number of hydroxylamine groups is 2. The highest BCUT2D eigenvalue weighted by Crippen LogP contribution is 2.27. The van der Waals surface area contributed by atoms with Gasteiger partial charge in [0.15, 0.2) is 0 Å². The molecule has 0 aromatic rings. The lowest BCUT2D eigenvalue weighted by Crippen LogP contribution is -2.47. The third-order valence-corrected chi connectivity index (χ3v) is 2.89. The molecule has 0 aromatic heterocycles. The molecule has 0 radical (unpaired) electrons. The van der Waals surface area contributed by atoms with E-state index in [0.717, 1.165) is 12.8 Å². The normalized spacial score (nSPS) is 13.5. The van der Waals surface area contributed by atoms with E-state index < -0.39 is 5.66 Å². The van der Waals surface area contributed by atoms with Crippen molar-refractivity contribution in [3.05, 3.63) is 10.4 Å². The molecular weight excluding hydrogens is 252 g/mol. The fraction of sp³-hybridized carbons (Fsp3) is 1.00. The van der Waals surface area contributed by atoms with Crippen molar-refractivity contribution in [2.75, 3.05) is 14.2 Å². The Labute approximate surface area is 113 Å². The van der Waals surface area contributed by atoms with Crippen LogP contribution in [-0.2, 0) is 9.68 Å². The van der Waals surface area contributed by atoms with Gasteiger partial charge < -0.3 is 20.1 Å². The summed E-state index contributed by atoms with van der Waals surface area (Å²) in [6.07, 6.45) is 3.82. The molecule has 0 heterocycles. The van der Waals surface area contributed by atoms with Crippen molar-refractivity contribution in [1.82, 2.24) is 0 Å². The molecule has 0 aromatic carbocycles. The molecule has 0 saturated heterocycles. The first-order chi connectivity index (χ1) is 9.08. The van der Waals surface area contributed by atoms with E-state index in [1.165, 1.54) is 14.2 Å². The highest BCUT2D eigenvalue weighted by atomic mass is 16.7. The highest BCUT2D eigenvalue weighted by Gasteiger charge is 2.51. The minimum Gasteiger partial charge on any atom is -0.592 e. The second-order valence-corrected chi connectivity index (χ2v) is 4.26. The molecule has 0 amide bonds. The first-order valence-electron chi connectivity index (χ1n) is 6.52. The van der Waals surface area contributed by atoms with Crippen molar-refractivity contribution in [3.8, 4) is 0 Å². The van der Waals surface area contributed by atoms with Gasteiger partial charge in [-0.15, -0.1) is 0 Å². The number of unbranched alkanes of at least 4 members (excludes halogenated alkanes) is 2. The van der Waals surface area contributed by atoms with E-state index in [0.29, 0.717) is 35.4 Å². The van der Waals surface area contributed by atoms with Crippen LogP contribution < -0.4 is 0 Å². The van der Waals surface area contributed by atoms with Gasteiger partial charge in [-0.2, -0.15) is 0 Å². The van der Waals surface area contributed by atoms with Gasteiger partial charge in [0.1, 0.15) is 14.2 Å². The second-order valence-electron chi connectivity index (χ2n) is 4.26. The van der Waals surface area contributed by atoms with E-state index in [9.17, 15) is 10.4 Å². The fourth-order valence-corrected chi connectivity index (χ4v) is 1.80. The molecule has 0 spiro atoms. The number of nitrogens with zero attached hydrogens (tertiary/aromatic N) is 4. The topological polar surface area (TPSA) is 95.3 Å². The molecule has 0 rings (SSSR count). The Hall–Kier alpha value is -1.60. The zero-order valence-electron chi connectivity index (χ0n) is 12.2. The van der Waals surface area contributed by atoms with Crippen molar-refractivity contribution < 1.29 is 19.4 Å². The standard InChI is InChI=1S/C11H24N4O4/c1-5-7-9-11(10-8-6-2,14(16)12-18-3)15(17)13-19-4/h5-10H2,1-4H3. The molecular formula is C11H24N4O4. The summed E-state index contributed by atoms with van der Waals surface area (Å²) in [5, 5.41) is 30.8. The minimum absolute atomic E-state index is 0.299. The van der Waals surface area contributed by atoms with Gasteiger partial charge in [-0.05, 0) is 12.8 Å². The number of rotatable bonds is 10. The maximum atomic E-state index is 12.1. The summed E-state index contributed by atoms with van der Waals surface area (Å²) in [6, 6.07) is 0. The van der Waals surface area contributed by atoms with Crippen molar-refractivity contribution in [1.29, 1.82) is 0 Å². The third-order valence-electron chi connectivity index (χ3n) is 2.89. The van der Waals surface area contributed by atoms with E-state index in [-0.39, 0.29) is 0 Å². The molecule has 112 valence electrons. The lowest BCUT2D eigenvalue weighted by Gasteiger charge is -2.23. The monoisotopic (exact) mass is 276 g/mol. The molecule has 0 fully saturated rings. The molecule has 0 aliphatic heterocycles. The molecule has 0 bridgehead atoms. The van der Waals surface area contributed by atoms with Gasteiger partial charge in [0, 0.05) is 9.72 Å². The summed E-state index contributed by atoms with van der Waals surface area (Å²) in [5.74, 6) is 0.